The molecule has 10 nitrogen and oxygen atoms in total. The molecule has 0 aromatic carbocycles. The molecule has 11 heteroatoms. The third-order valence-corrected chi connectivity index (χ3v) is 13.3. The number of hydrogen-bond donors (Lipinski definition) is 3. The first-order chi connectivity index (χ1) is 33.1. The minimum atomic E-state index is -5.39. The summed E-state index contributed by atoms with van der Waals surface area (Å²) in [6.45, 7) is 13.7. The van der Waals surface area contributed by atoms with E-state index in [2.05, 4.69) is 72.5 Å². The van der Waals surface area contributed by atoms with Crippen LogP contribution in [0.25, 0.3) is 0 Å². The lowest BCUT2D eigenvalue weighted by molar-refractivity contribution is -0.473. The average Bonchev–Trinajstić information content (AvgIpc) is 4.10. The number of nitrogens with two attached hydrogens (primary N) is 3. The molecule has 0 saturated carbocycles. The van der Waals surface area contributed by atoms with E-state index in [9.17, 15) is 0 Å². The minimum Gasteiger partial charge on any atom is -0.822 e. The van der Waals surface area contributed by atoms with E-state index >= 15 is 0 Å². The van der Waals surface area contributed by atoms with Gasteiger partial charge >= 0.3 is 0 Å². The number of allylic oxidation sites excluding steroid dienone is 6. The molecule has 398 valence electrons. The Kier molecular flexibility index (Phi) is 48.9. The fourth-order valence-corrected chi connectivity index (χ4v) is 9.05. The summed E-state index contributed by atoms with van der Waals surface area (Å²) in [6, 6.07) is 0. The molecule has 0 fully saturated rings. The highest BCUT2D eigenvalue weighted by molar-refractivity contribution is 7.40. The van der Waals surface area contributed by atoms with Gasteiger partial charge in [0, 0.05) is 19.3 Å². The second kappa shape index (κ2) is 50.2. The lowest BCUT2D eigenvalue weighted by Crippen LogP contribution is -2.79. The van der Waals surface area contributed by atoms with Crippen molar-refractivity contribution >= 4 is 26.8 Å². The van der Waals surface area contributed by atoms with Crippen LogP contribution < -0.4 is 30.6 Å². The number of nitrogens with zero attached hydrogens (tertiary/aromatic N) is 3. The standard InChI is InChI=1S/3C19H36N2.H3O4P/c3*1-3-5-7-9-11-13-15-18-19(21-17-20-18)16-14-12-10-8-6-4-2;1-5(2,3)4/h3*17H,3-16H2,1-2H3,(H,20,21);(H3,1,2,3,4). The van der Waals surface area contributed by atoms with Crippen LogP contribution in [-0.2, 0) is 4.57 Å². The first-order valence-corrected chi connectivity index (χ1v) is 30.6. The van der Waals surface area contributed by atoms with E-state index in [1.807, 2.05) is 19.0 Å². The fraction of sp³-hybridized carbons (Fsp3) is 0.842. The molecular weight excluding hydrogens is 864 g/mol. The van der Waals surface area contributed by atoms with E-state index in [1.165, 1.54) is 304 Å². The van der Waals surface area contributed by atoms with Gasteiger partial charge in [0.1, 0.15) is 34.2 Å². The van der Waals surface area contributed by atoms with Gasteiger partial charge < -0.3 is 19.2 Å². The molecule has 3 aliphatic heterocycles. The number of quaternary nitrogens is 3. The number of unbranched alkanes of at least 4 members (excludes halogenated alkanes) is 30. The van der Waals surface area contributed by atoms with Crippen LogP contribution in [-0.4, -0.2) is 19.0 Å². The molecule has 3 aliphatic rings. The molecule has 0 spiro atoms. The van der Waals surface area contributed by atoms with Gasteiger partial charge in [0.25, 0.3) is 0 Å². The van der Waals surface area contributed by atoms with Crippen molar-refractivity contribution in [1.82, 2.24) is 0 Å². The first-order valence-electron chi connectivity index (χ1n) is 29.2. The molecule has 0 radical (unpaired) electrons. The largest absolute Gasteiger partial charge is 0.822 e. The molecule has 0 bridgehead atoms. The van der Waals surface area contributed by atoms with E-state index in [1.54, 1.807) is 0 Å². The van der Waals surface area contributed by atoms with Crippen molar-refractivity contribution in [2.75, 3.05) is 0 Å². The zero-order valence-corrected chi connectivity index (χ0v) is 46.5. The molecule has 0 aromatic heterocycles. The Labute approximate surface area is 420 Å². The second-order valence-corrected chi connectivity index (χ2v) is 20.7. The Bertz CT molecular complexity index is 1230. The predicted molar refractivity (Wildman–Crippen MR) is 288 cm³/mol. The number of phosphoric acid groups is 1. The molecule has 68 heavy (non-hydrogen) atoms. The maximum atomic E-state index is 8.55. The third kappa shape index (κ3) is 44.2. The fourth-order valence-electron chi connectivity index (χ4n) is 9.05. The van der Waals surface area contributed by atoms with Crippen molar-refractivity contribution in [2.45, 2.75) is 311 Å². The molecule has 0 aromatic rings. The van der Waals surface area contributed by atoms with Crippen LogP contribution in [0, 0.1) is 0 Å². The SMILES string of the molecule is CCCCCCCCC1=C(CCCCCCCC)[NH2+]C=N1.CCCCCCCCC1=C(CCCCCCCC)[NH2+]C=N1.CCCCCCCCC1=C(CCCCCCCC)[NH2+]C=N1.O=P([O-])([O-])[O-]. The number of rotatable bonds is 42. The molecule has 6 N–H and O–H groups in total. The van der Waals surface area contributed by atoms with Gasteiger partial charge in [-0.15, -0.1) is 0 Å². The zero-order chi connectivity index (χ0) is 50.0. The van der Waals surface area contributed by atoms with Gasteiger partial charge in [0.15, 0.2) is 19.0 Å². The highest BCUT2D eigenvalue weighted by atomic mass is 31.2. The summed E-state index contributed by atoms with van der Waals surface area (Å²) in [4.78, 5) is 39.4. The van der Waals surface area contributed by atoms with E-state index < -0.39 is 7.82 Å². The van der Waals surface area contributed by atoms with Gasteiger partial charge in [-0.1, -0.05) is 234 Å². The summed E-state index contributed by atoms with van der Waals surface area (Å²) in [6.07, 6.45) is 63.1. The molecule has 0 atom stereocenters. The smallest absolute Gasteiger partial charge is 0.191 e. The lowest BCUT2D eigenvalue weighted by atomic mass is 10.0. The molecule has 0 aliphatic carbocycles. The highest BCUT2D eigenvalue weighted by Gasteiger charge is 2.17. The Morgan fingerprint density at radius 2 is 0.471 bits per heavy atom. The summed E-state index contributed by atoms with van der Waals surface area (Å²) in [7, 11) is -5.39. The Balaban J connectivity index is 0.000000941. The number of aliphatic imine (C=N–C) groups is 3. The molecular formula is C57H111N6O4P. The van der Waals surface area contributed by atoms with Crippen LogP contribution in [0.15, 0.2) is 49.2 Å². The Morgan fingerprint density at radius 3 is 0.662 bits per heavy atom. The Morgan fingerprint density at radius 1 is 0.309 bits per heavy atom. The molecule has 0 amide bonds. The summed E-state index contributed by atoms with van der Waals surface area (Å²) < 4.78 is 8.55. The van der Waals surface area contributed by atoms with Crippen molar-refractivity contribution in [3.8, 4) is 0 Å². The average molecular weight is 976 g/mol. The first kappa shape index (κ1) is 66.2. The minimum absolute atomic E-state index is 1.20. The monoisotopic (exact) mass is 975 g/mol. The van der Waals surface area contributed by atoms with Crippen LogP contribution in [0.3, 0.4) is 0 Å². The van der Waals surface area contributed by atoms with Crippen molar-refractivity contribution in [2.24, 2.45) is 15.0 Å². The maximum Gasteiger partial charge on any atom is 0.191 e. The van der Waals surface area contributed by atoms with Gasteiger partial charge in [0.05, 0.1) is 0 Å². The van der Waals surface area contributed by atoms with Crippen molar-refractivity contribution in [3.63, 3.8) is 0 Å². The third-order valence-electron chi connectivity index (χ3n) is 13.3. The second-order valence-electron chi connectivity index (χ2n) is 19.8. The Hall–Kier alpha value is -1.78. The van der Waals surface area contributed by atoms with E-state index in [0.717, 1.165) is 0 Å². The maximum absolute atomic E-state index is 8.55. The highest BCUT2D eigenvalue weighted by Crippen LogP contribution is 2.22. The summed E-state index contributed by atoms with van der Waals surface area (Å²) >= 11 is 0. The van der Waals surface area contributed by atoms with Crippen LogP contribution in [0.2, 0.25) is 0 Å². The van der Waals surface area contributed by atoms with E-state index in [4.69, 9.17) is 19.2 Å². The van der Waals surface area contributed by atoms with Gasteiger partial charge in [-0.25, -0.2) is 15.0 Å². The summed E-state index contributed by atoms with van der Waals surface area (Å²) in [5.41, 5.74) is 8.74. The summed E-state index contributed by atoms with van der Waals surface area (Å²) in [5.74, 6) is 0. The predicted octanol–water partition coefficient (Wildman–Crippen LogP) is 13.1. The molecule has 3 heterocycles. The zero-order valence-electron chi connectivity index (χ0n) is 45.6. The van der Waals surface area contributed by atoms with Crippen molar-refractivity contribution < 1.29 is 35.2 Å². The normalized spacial score (nSPS) is 14.2. The van der Waals surface area contributed by atoms with Crippen LogP contribution >= 0.6 is 7.82 Å². The van der Waals surface area contributed by atoms with Crippen molar-refractivity contribution in [1.29, 1.82) is 0 Å². The summed E-state index contributed by atoms with van der Waals surface area (Å²) in [5, 5.41) is 6.75. The molecule has 0 unspecified atom stereocenters. The molecule has 0 saturated heterocycles. The van der Waals surface area contributed by atoms with Crippen LogP contribution in [0.1, 0.15) is 311 Å². The van der Waals surface area contributed by atoms with Crippen LogP contribution in [0.5, 0.6) is 0 Å². The van der Waals surface area contributed by atoms with Gasteiger partial charge in [-0.3, -0.25) is 16.0 Å². The van der Waals surface area contributed by atoms with Crippen molar-refractivity contribution in [3.05, 3.63) is 34.2 Å². The van der Waals surface area contributed by atoms with Gasteiger partial charge in [-0.2, -0.15) is 7.82 Å². The number of hydrogen-bond acceptors (Lipinski definition) is 7. The van der Waals surface area contributed by atoms with Gasteiger partial charge in [0.2, 0.25) is 0 Å². The van der Waals surface area contributed by atoms with Gasteiger partial charge in [-0.05, 0) is 57.8 Å². The lowest BCUT2D eigenvalue weighted by Gasteiger charge is -2.36. The van der Waals surface area contributed by atoms with Crippen LogP contribution in [0.4, 0.5) is 0 Å². The topological polar surface area (TPSA) is 173 Å². The van der Waals surface area contributed by atoms with E-state index in [0.29, 0.717) is 0 Å². The quantitative estimate of drug-likeness (QED) is 0.0408. The molecule has 3 rings (SSSR count). The van der Waals surface area contributed by atoms with E-state index in [-0.39, 0.29) is 0 Å².